The highest BCUT2D eigenvalue weighted by Gasteiger charge is 2.20. The van der Waals surface area contributed by atoms with Crippen LogP contribution in [-0.4, -0.2) is 40.2 Å². The number of ether oxygens (including phenoxy) is 1. The fourth-order valence-corrected chi connectivity index (χ4v) is 3.23. The number of carbonyl (C=O) groups excluding carboxylic acids is 1. The fraction of sp³-hybridized carbons (Fsp3) is 0.556. The fourth-order valence-electron chi connectivity index (χ4n) is 3.09. The third-order valence-electron chi connectivity index (χ3n) is 4.67. The summed E-state index contributed by atoms with van der Waals surface area (Å²) in [6.07, 6.45) is 4.93. The van der Waals surface area contributed by atoms with Gasteiger partial charge in [-0.3, -0.25) is 9.79 Å². The van der Waals surface area contributed by atoms with Gasteiger partial charge in [-0.15, -0.1) is 0 Å². The van der Waals surface area contributed by atoms with E-state index in [0.717, 1.165) is 19.3 Å². The summed E-state index contributed by atoms with van der Waals surface area (Å²) in [6, 6.07) is 0.209. The molecule has 1 fully saturated rings. The van der Waals surface area contributed by atoms with Crippen molar-refractivity contribution in [2.45, 2.75) is 58.0 Å². The minimum absolute atomic E-state index is 0.103. The Hall–Kier alpha value is -2.35. The van der Waals surface area contributed by atoms with Crippen molar-refractivity contribution in [1.82, 2.24) is 9.97 Å². The first-order chi connectivity index (χ1) is 12.9. The van der Waals surface area contributed by atoms with Crippen molar-refractivity contribution in [3.63, 3.8) is 0 Å². The Labute approximate surface area is 163 Å². The Kier molecular flexibility index (Phi) is 6.15. The van der Waals surface area contributed by atoms with E-state index in [-0.39, 0.29) is 18.0 Å². The van der Waals surface area contributed by atoms with Crippen LogP contribution in [0.5, 0.6) is 0 Å². The summed E-state index contributed by atoms with van der Waals surface area (Å²) in [6.45, 7) is 4.33. The van der Waals surface area contributed by atoms with Crippen LogP contribution in [0, 0.1) is 0 Å². The van der Waals surface area contributed by atoms with Gasteiger partial charge in [0.2, 0.25) is 11.8 Å². The number of nitrogens with one attached hydrogen (secondary N) is 2. The number of aliphatic imine (C=N–C) groups is 1. The summed E-state index contributed by atoms with van der Waals surface area (Å²) in [5.74, 6) is 1.46. The average molecular weight is 393 g/mol. The number of fused-ring (bicyclic) bond motifs is 2. The third-order valence-corrected chi connectivity index (χ3v) is 4.95. The van der Waals surface area contributed by atoms with E-state index in [2.05, 4.69) is 20.6 Å². The van der Waals surface area contributed by atoms with Crippen LogP contribution < -0.4 is 16.4 Å². The smallest absolute Gasteiger partial charge is 0.229 e. The molecule has 0 spiro atoms. The van der Waals surface area contributed by atoms with Crippen molar-refractivity contribution in [2.75, 3.05) is 17.2 Å². The number of hydrogen-bond acceptors (Lipinski definition) is 8. The van der Waals surface area contributed by atoms with Crippen molar-refractivity contribution in [1.29, 1.82) is 0 Å². The molecule has 2 heterocycles. The van der Waals surface area contributed by atoms with Gasteiger partial charge in [-0.05, 0) is 26.7 Å². The van der Waals surface area contributed by atoms with Crippen LogP contribution >= 0.6 is 11.6 Å². The number of halogens is 1. The van der Waals surface area contributed by atoms with Crippen molar-refractivity contribution in [2.24, 2.45) is 10.7 Å². The molecule has 0 radical (unpaired) electrons. The quantitative estimate of drug-likeness (QED) is 0.663. The van der Waals surface area contributed by atoms with Crippen LogP contribution in [0.1, 0.15) is 46.0 Å². The molecule has 3 rings (SSSR count). The first kappa shape index (κ1) is 19.4. The van der Waals surface area contributed by atoms with Gasteiger partial charge in [0.15, 0.2) is 5.82 Å². The maximum Gasteiger partial charge on any atom is 0.229 e. The number of nitrogens with two attached hydrogens (primary N) is 1. The largest absolute Gasteiger partial charge is 0.478 e. The van der Waals surface area contributed by atoms with E-state index in [1.54, 1.807) is 0 Å². The molecular formula is C18H25ClN6O2. The lowest BCUT2D eigenvalue weighted by Crippen LogP contribution is -2.23. The number of nitrogens with zero attached hydrogens (tertiary/aromatic N) is 3. The van der Waals surface area contributed by atoms with Crippen LogP contribution in [0.3, 0.4) is 0 Å². The number of carbonyl (C=O) groups is 1. The first-order valence-corrected chi connectivity index (χ1v) is 9.55. The van der Waals surface area contributed by atoms with Crippen LogP contribution in [-0.2, 0) is 9.53 Å². The highest BCUT2D eigenvalue weighted by atomic mass is 35.5. The first-order valence-electron chi connectivity index (χ1n) is 9.17. The SMILES string of the molecule is CC(=NC1CCC(=O)CC1)C1=C(N)OCCC(C)Nc2nc(ncc2Cl)N1. The normalized spacial score (nSPS) is 22.4. The molecule has 2 bridgehead atoms. The zero-order valence-electron chi connectivity index (χ0n) is 15.6. The predicted octanol–water partition coefficient (Wildman–Crippen LogP) is 2.86. The van der Waals surface area contributed by atoms with Gasteiger partial charge < -0.3 is 21.1 Å². The van der Waals surface area contributed by atoms with Crippen molar-refractivity contribution in [3.8, 4) is 0 Å². The summed E-state index contributed by atoms with van der Waals surface area (Å²) in [5.41, 5.74) is 7.42. The van der Waals surface area contributed by atoms with Gasteiger partial charge in [0, 0.05) is 25.3 Å². The van der Waals surface area contributed by atoms with E-state index in [1.165, 1.54) is 6.20 Å². The lowest BCUT2D eigenvalue weighted by molar-refractivity contribution is -0.120. The van der Waals surface area contributed by atoms with Gasteiger partial charge in [-0.1, -0.05) is 11.6 Å². The summed E-state index contributed by atoms with van der Waals surface area (Å²) in [4.78, 5) is 24.9. The van der Waals surface area contributed by atoms with Gasteiger partial charge in [-0.25, -0.2) is 4.98 Å². The molecule has 0 aromatic carbocycles. The van der Waals surface area contributed by atoms with Crippen LogP contribution in [0.2, 0.25) is 5.02 Å². The molecule has 1 atom stereocenters. The summed E-state index contributed by atoms with van der Waals surface area (Å²) in [7, 11) is 0. The minimum atomic E-state index is 0.103. The second-order valence-electron chi connectivity index (χ2n) is 6.92. The van der Waals surface area contributed by atoms with Crippen molar-refractivity contribution >= 4 is 34.9 Å². The summed E-state index contributed by atoms with van der Waals surface area (Å²) < 4.78 is 5.72. The van der Waals surface area contributed by atoms with Gasteiger partial charge in [0.25, 0.3) is 0 Å². The molecule has 2 aliphatic rings. The number of rotatable bonds is 2. The van der Waals surface area contributed by atoms with E-state index in [0.29, 0.717) is 53.4 Å². The Morgan fingerprint density at radius 2 is 2.11 bits per heavy atom. The number of allylic oxidation sites excluding steroid dienone is 1. The zero-order chi connectivity index (χ0) is 19.4. The van der Waals surface area contributed by atoms with Gasteiger partial charge in [0.1, 0.15) is 16.5 Å². The lowest BCUT2D eigenvalue weighted by Gasteiger charge is -2.19. The molecule has 27 heavy (non-hydrogen) atoms. The molecule has 1 aromatic rings. The van der Waals surface area contributed by atoms with Gasteiger partial charge in [0.05, 0.1) is 24.6 Å². The highest BCUT2D eigenvalue weighted by molar-refractivity contribution is 6.32. The molecule has 146 valence electrons. The Balaban J connectivity index is 1.89. The van der Waals surface area contributed by atoms with Crippen LogP contribution in [0.25, 0.3) is 0 Å². The molecule has 1 saturated carbocycles. The molecule has 8 nitrogen and oxygen atoms in total. The Bertz CT molecular complexity index is 769. The number of hydrogen-bond donors (Lipinski definition) is 3. The summed E-state index contributed by atoms with van der Waals surface area (Å²) >= 11 is 6.19. The van der Waals surface area contributed by atoms with Crippen LogP contribution in [0.4, 0.5) is 11.8 Å². The Morgan fingerprint density at radius 3 is 2.85 bits per heavy atom. The number of anilines is 2. The van der Waals surface area contributed by atoms with Crippen molar-refractivity contribution < 1.29 is 9.53 Å². The molecule has 1 aliphatic heterocycles. The second kappa shape index (κ2) is 8.56. The zero-order valence-corrected chi connectivity index (χ0v) is 16.3. The molecule has 0 saturated heterocycles. The van der Waals surface area contributed by atoms with Gasteiger partial charge in [-0.2, -0.15) is 4.98 Å². The maximum absolute atomic E-state index is 11.4. The van der Waals surface area contributed by atoms with Crippen molar-refractivity contribution in [3.05, 3.63) is 22.8 Å². The average Bonchev–Trinajstić information content (AvgIpc) is 2.65. The van der Waals surface area contributed by atoms with Gasteiger partial charge >= 0.3 is 0 Å². The minimum Gasteiger partial charge on any atom is -0.478 e. The number of Topliss-reactive ketones (excluding diaryl/α,β-unsaturated/α-hetero) is 1. The molecule has 1 unspecified atom stereocenters. The number of ketones is 1. The van der Waals surface area contributed by atoms with E-state index in [4.69, 9.17) is 27.1 Å². The molecular weight excluding hydrogens is 368 g/mol. The highest BCUT2D eigenvalue weighted by Crippen LogP contribution is 2.23. The molecule has 0 amide bonds. The monoisotopic (exact) mass is 392 g/mol. The van der Waals surface area contributed by atoms with E-state index >= 15 is 0 Å². The summed E-state index contributed by atoms with van der Waals surface area (Å²) in [5, 5.41) is 6.82. The predicted molar refractivity (Wildman–Crippen MR) is 106 cm³/mol. The molecule has 4 N–H and O–H groups in total. The Morgan fingerprint density at radius 1 is 1.37 bits per heavy atom. The molecule has 1 aliphatic carbocycles. The maximum atomic E-state index is 11.4. The second-order valence-corrected chi connectivity index (χ2v) is 7.33. The third kappa shape index (κ3) is 5.09. The molecule has 9 heteroatoms. The molecule has 1 aromatic heterocycles. The van der Waals surface area contributed by atoms with E-state index in [9.17, 15) is 4.79 Å². The van der Waals surface area contributed by atoms with Crippen LogP contribution in [0.15, 0.2) is 22.8 Å². The topological polar surface area (TPSA) is 115 Å². The van der Waals surface area contributed by atoms with E-state index in [1.807, 2.05) is 13.8 Å². The lowest BCUT2D eigenvalue weighted by atomic mass is 9.95. The number of aromatic nitrogens is 2. The standard InChI is InChI=1S/C18H25ClN6O2/c1-10-7-8-27-16(20)15(11(2)23-12-3-5-13(26)6-4-12)24-18-21-9-14(19)17(22-10)25-18/h9-10,12H,3-8,20H2,1-2H3,(H2,21,22,24,25). The van der Waals surface area contributed by atoms with E-state index < -0.39 is 0 Å².